The van der Waals surface area contributed by atoms with Crippen LogP contribution in [0.5, 0.6) is 0 Å². The molecule has 4 rings (SSSR count). The maximum absolute atomic E-state index is 12.7. The quantitative estimate of drug-likeness (QED) is 0.491. The molecule has 1 aromatic carbocycles. The van der Waals surface area contributed by atoms with Crippen LogP contribution in [0.3, 0.4) is 0 Å². The number of pyridine rings is 1. The molecule has 0 unspecified atom stereocenters. The number of rotatable bonds is 5. The molecule has 0 saturated carbocycles. The first-order valence-corrected chi connectivity index (χ1v) is 9.96. The van der Waals surface area contributed by atoms with Gasteiger partial charge in [-0.25, -0.2) is 4.79 Å². The Morgan fingerprint density at radius 1 is 1.15 bits per heavy atom. The van der Waals surface area contributed by atoms with E-state index in [0.717, 1.165) is 46.1 Å². The third-order valence-electron chi connectivity index (χ3n) is 4.59. The summed E-state index contributed by atoms with van der Waals surface area (Å²) in [6.45, 7) is 0.525. The van der Waals surface area contributed by atoms with Crippen molar-refractivity contribution in [1.82, 2.24) is 14.5 Å². The van der Waals surface area contributed by atoms with Crippen molar-refractivity contribution >= 4 is 23.4 Å². The highest BCUT2D eigenvalue weighted by Gasteiger charge is 2.22. The van der Waals surface area contributed by atoms with Crippen LogP contribution < -0.4 is 5.69 Å². The minimum atomic E-state index is -0.184. The maximum atomic E-state index is 12.7. The molecule has 1 aliphatic rings. The predicted molar refractivity (Wildman–Crippen MR) is 105 cm³/mol. The molecule has 3 aromatic rings. The molecule has 0 N–H and O–H groups in total. The number of fused-ring (bicyclic) bond motifs is 1. The van der Waals surface area contributed by atoms with E-state index in [4.69, 9.17) is 11.6 Å². The van der Waals surface area contributed by atoms with Gasteiger partial charge in [-0.05, 0) is 42.5 Å². The fourth-order valence-electron chi connectivity index (χ4n) is 3.30. The zero-order valence-corrected chi connectivity index (χ0v) is 15.8. The summed E-state index contributed by atoms with van der Waals surface area (Å²) in [5, 5.41) is 1.60. The Labute approximate surface area is 161 Å². The summed E-state index contributed by atoms with van der Waals surface area (Å²) in [5.74, 6) is 0.713. The molecule has 26 heavy (non-hydrogen) atoms. The van der Waals surface area contributed by atoms with Gasteiger partial charge in [0.25, 0.3) is 0 Å². The minimum Gasteiger partial charge on any atom is -0.291 e. The molecule has 1 aliphatic carbocycles. The first-order chi connectivity index (χ1) is 12.7. The Kier molecular flexibility index (Phi) is 5.09. The standard InChI is InChI=1S/C20H18ClN3OS/c21-17-8-2-1-6-15(17)13-26-19-16-7-3-9-18(16)24(20(25)23-19)12-14-5-4-10-22-11-14/h1-2,4-6,8,10-11H,3,7,9,12-13H2. The Hall–Kier alpha value is -2.11. The molecule has 132 valence electrons. The van der Waals surface area contributed by atoms with Crippen LogP contribution in [0, 0.1) is 0 Å². The summed E-state index contributed by atoms with van der Waals surface area (Å²) in [7, 11) is 0. The van der Waals surface area contributed by atoms with Crippen LogP contribution in [0.1, 0.15) is 28.8 Å². The van der Waals surface area contributed by atoms with E-state index in [1.54, 1.807) is 28.7 Å². The smallest absolute Gasteiger partial charge is 0.291 e. The number of benzene rings is 1. The van der Waals surface area contributed by atoms with E-state index in [1.165, 1.54) is 5.56 Å². The van der Waals surface area contributed by atoms with Gasteiger partial charge in [-0.3, -0.25) is 9.55 Å². The van der Waals surface area contributed by atoms with Crippen LogP contribution in [-0.2, 0) is 25.1 Å². The van der Waals surface area contributed by atoms with Crippen molar-refractivity contribution in [1.29, 1.82) is 0 Å². The predicted octanol–water partition coefficient (Wildman–Crippen LogP) is 4.12. The zero-order chi connectivity index (χ0) is 17.9. The molecule has 4 nitrogen and oxygen atoms in total. The van der Waals surface area contributed by atoms with E-state index >= 15 is 0 Å². The van der Waals surface area contributed by atoms with Crippen molar-refractivity contribution in [2.24, 2.45) is 0 Å². The van der Waals surface area contributed by atoms with Gasteiger partial charge in [-0.2, -0.15) is 4.98 Å². The van der Waals surface area contributed by atoms with Crippen LogP contribution in [0.2, 0.25) is 5.02 Å². The van der Waals surface area contributed by atoms with E-state index in [1.807, 2.05) is 36.4 Å². The third kappa shape index (κ3) is 3.55. The van der Waals surface area contributed by atoms with Gasteiger partial charge in [0.15, 0.2) is 0 Å². The van der Waals surface area contributed by atoms with Gasteiger partial charge >= 0.3 is 5.69 Å². The SMILES string of the molecule is O=c1nc(SCc2ccccc2Cl)c2c(n1Cc1cccnc1)CCC2. The zero-order valence-electron chi connectivity index (χ0n) is 14.2. The van der Waals surface area contributed by atoms with Crippen LogP contribution >= 0.6 is 23.4 Å². The van der Waals surface area contributed by atoms with Crippen LogP contribution in [0.4, 0.5) is 0 Å². The normalized spacial score (nSPS) is 13.0. The van der Waals surface area contributed by atoms with Gasteiger partial charge in [0.1, 0.15) is 5.03 Å². The molecule has 0 radical (unpaired) electrons. The molecular formula is C20H18ClN3OS. The second-order valence-corrected chi connectivity index (χ2v) is 7.68. The fourth-order valence-corrected chi connectivity index (χ4v) is 4.67. The van der Waals surface area contributed by atoms with Gasteiger partial charge < -0.3 is 0 Å². The summed E-state index contributed by atoms with van der Waals surface area (Å²) in [4.78, 5) is 21.2. The average Bonchev–Trinajstić information content (AvgIpc) is 3.14. The maximum Gasteiger partial charge on any atom is 0.349 e. The summed E-state index contributed by atoms with van der Waals surface area (Å²) < 4.78 is 1.80. The first kappa shape index (κ1) is 17.3. The number of hydrogen-bond donors (Lipinski definition) is 0. The van der Waals surface area contributed by atoms with Gasteiger partial charge in [-0.1, -0.05) is 35.9 Å². The number of halogens is 1. The number of hydrogen-bond acceptors (Lipinski definition) is 4. The number of nitrogens with zero attached hydrogens (tertiary/aromatic N) is 3. The largest absolute Gasteiger partial charge is 0.349 e. The highest BCUT2D eigenvalue weighted by molar-refractivity contribution is 7.98. The molecule has 0 atom stereocenters. The van der Waals surface area contributed by atoms with E-state index in [2.05, 4.69) is 9.97 Å². The molecule has 0 amide bonds. The minimum absolute atomic E-state index is 0.184. The second-order valence-electron chi connectivity index (χ2n) is 6.31. The van der Waals surface area contributed by atoms with Gasteiger partial charge in [0.2, 0.25) is 0 Å². The monoisotopic (exact) mass is 383 g/mol. The second kappa shape index (κ2) is 7.64. The molecule has 2 heterocycles. The summed E-state index contributed by atoms with van der Waals surface area (Å²) >= 11 is 7.85. The Bertz CT molecular complexity index is 988. The van der Waals surface area contributed by atoms with Crippen molar-refractivity contribution in [3.8, 4) is 0 Å². The summed E-state index contributed by atoms with van der Waals surface area (Å²) in [6.07, 6.45) is 6.50. The van der Waals surface area contributed by atoms with Crippen molar-refractivity contribution in [2.45, 2.75) is 36.6 Å². The van der Waals surface area contributed by atoms with Crippen LogP contribution in [0.25, 0.3) is 0 Å². The molecule has 0 bridgehead atoms. The molecule has 0 spiro atoms. The lowest BCUT2D eigenvalue weighted by atomic mass is 10.2. The molecule has 6 heteroatoms. The van der Waals surface area contributed by atoms with Crippen LogP contribution in [0.15, 0.2) is 58.6 Å². The molecule has 0 aliphatic heterocycles. The highest BCUT2D eigenvalue weighted by atomic mass is 35.5. The van der Waals surface area contributed by atoms with Crippen molar-refractivity contribution in [3.63, 3.8) is 0 Å². The Morgan fingerprint density at radius 2 is 2.04 bits per heavy atom. The van der Waals surface area contributed by atoms with Gasteiger partial charge in [0, 0.05) is 34.4 Å². The van der Waals surface area contributed by atoms with E-state index in [0.29, 0.717) is 12.3 Å². The van der Waals surface area contributed by atoms with E-state index < -0.39 is 0 Å². The lowest BCUT2D eigenvalue weighted by Gasteiger charge is -2.14. The Morgan fingerprint density at radius 3 is 2.85 bits per heavy atom. The Balaban J connectivity index is 1.64. The lowest BCUT2D eigenvalue weighted by Crippen LogP contribution is -2.27. The molecule has 0 saturated heterocycles. The number of aromatic nitrogens is 3. The third-order valence-corrected chi connectivity index (χ3v) is 6.02. The molecular weight excluding hydrogens is 366 g/mol. The van der Waals surface area contributed by atoms with Crippen LogP contribution in [-0.4, -0.2) is 14.5 Å². The molecule has 2 aromatic heterocycles. The topological polar surface area (TPSA) is 47.8 Å². The summed E-state index contributed by atoms with van der Waals surface area (Å²) in [5.41, 5.74) is 4.23. The van der Waals surface area contributed by atoms with Gasteiger partial charge in [0.05, 0.1) is 6.54 Å². The van der Waals surface area contributed by atoms with Gasteiger partial charge in [-0.15, -0.1) is 11.8 Å². The molecule has 0 fully saturated rings. The van der Waals surface area contributed by atoms with E-state index in [-0.39, 0.29) is 5.69 Å². The average molecular weight is 384 g/mol. The number of thioether (sulfide) groups is 1. The highest BCUT2D eigenvalue weighted by Crippen LogP contribution is 2.32. The van der Waals surface area contributed by atoms with E-state index in [9.17, 15) is 4.79 Å². The van der Waals surface area contributed by atoms with Crippen molar-refractivity contribution in [2.75, 3.05) is 0 Å². The van der Waals surface area contributed by atoms with Crippen molar-refractivity contribution in [3.05, 3.63) is 86.7 Å². The summed E-state index contributed by atoms with van der Waals surface area (Å²) in [6, 6.07) is 11.7. The lowest BCUT2D eigenvalue weighted by molar-refractivity contribution is 0.665. The fraction of sp³-hybridized carbons (Fsp3) is 0.250. The first-order valence-electron chi connectivity index (χ1n) is 8.60. The van der Waals surface area contributed by atoms with Crippen molar-refractivity contribution < 1.29 is 0 Å².